The zero-order valence-corrected chi connectivity index (χ0v) is 10.5. The highest BCUT2D eigenvalue weighted by Gasteiger charge is 2.24. The Hall–Kier alpha value is -1.10. The van der Waals surface area contributed by atoms with E-state index in [1.165, 1.54) is 0 Å². The number of nitrogens with zero attached hydrogens (tertiary/aromatic N) is 1. The number of aliphatic carboxylic acids is 1. The SMILES string of the molecule is CCC(C)C(NC(=O)CCN(C)C)C(=O)O. The molecule has 1 amide bonds. The number of carbonyl (C=O) groups excluding carboxylic acids is 1. The Morgan fingerprint density at radius 1 is 1.38 bits per heavy atom. The van der Waals surface area contributed by atoms with Crippen molar-refractivity contribution < 1.29 is 14.7 Å². The fourth-order valence-corrected chi connectivity index (χ4v) is 1.25. The summed E-state index contributed by atoms with van der Waals surface area (Å²) in [5, 5.41) is 11.5. The quantitative estimate of drug-likeness (QED) is 0.670. The molecule has 0 saturated carbocycles. The van der Waals surface area contributed by atoms with Gasteiger partial charge >= 0.3 is 5.97 Å². The number of rotatable bonds is 7. The van der Waals surface area contributed by atoms with E-state index >= 15 is 0 Å². The molecule has 0 aliphatic rings. The van der Waals surface area contributed by atoms with Crippen molar-refractivity contribution in [2.75, 3.05) is 20.6 Å². The zero-order chi connectivity index (χ0) is 12.7. The molecule has 2 unspecified atom stereocenters. The molecule has 2 atom stereocenters. The topological polar surface area (TPSA) is 69.6 Å². The summed E-state index contributed by atoms with van der Waals surface area (Å²) in [5.74, 6) is -1.23. The van der Waals surface area contributed by atoms with Gasteiger partial charge in [-0.25, -0.2) is 4.79 Å². The maximum Gasteiger partial charge on any atom is 0.326 e. The summed E-state index contributed by atoms with van der Waals surface area (Å²) >= 11 is 0. The number of carboxylic acids is 1. The molecule has 0 saturated heterocycles. The van der Waals surface area contributed by atoms with E-state index in [0.29, 0.717) is 13.0 Å². The first-order valence-electron chi connectivity index (χ1n) is 5.55. The maximum atomic E-state index is 11.5. The van der Waals surface area contributed by atoms with Gasteiger partial charge < -0.3 is 15.3 Å². The van der Waals surface area contributed by atoms with Crippen LogP contribution in [0.25, 0.3) is 0 Å². The molecule has 5 heteroatoms. The van der Waals surface area contributed by atoms with Crippen LogP contribution < -0.4 is 5.32 Å². The third kappa shape index (κ3) is 5.70. The molecule has 0 aromatic rings. The van der Waals surface area contributed by atoms with Crippen LogP contribution in [0.5, 0.6) is 0 Å². The van der Waals surface area contributed by atoms with E-state index in [1.54, 1.807) is 0 Å². The molecule has 0 heterocycles. The normalized spacial score (nSPS) is 14.6. The summed E-state index contributed by atoms with van der Waals surface area (Å²) in [4.78, 5) is 24.3. The fourth-order valence-electron chi connectivity index (χ4n) is 1.25. The summed E-state index contributed by atoms with van der Waals surface area (Å²) in [5.41, 5.74) is 0. The standard InChI is InChI=1S/C11H22N2O3/c1-5-8(2)10(11(15)16)12-9(14)6-7-13(3)4/h8,10H,5-7H2,1-4H3,(H,12,14)(H,15,16). The van der Waals surface area contributed by atoms with Gasteiger partial charge in [0.05, 0.1) is 0 Å². The van der Waals surface area contributed by atoms with Gasteiger partial charge in [-0.15, -0.1) is 0 Å². The molecule has 0 aromatic heterocycles. The molecule has 0 rings (SSSR count). The van der Waals surface area contributed by atoms with Crippen LogP contribution in [0.4, 0.5) is 0 Å². The highest BCUT2D eigenvalue weighted by Crippen LogP contribution is 2.08. The number of carbonyl (C=O) groups is 2. The first-order chi connectivity index (χ1) is 7.38. The minimum atomic E-state index is -0.965. The average Bonchev–Trinajstić information content (AvgIpc) is 2.21. The molecule has 0 fully saturated rings. The van der Waals surface area contributed by atoms with Crippen molar-refractivity contribution in [3.05, 3.63) is 0 Å². The largest absolute Gasteiger partial charge is 0.480 e. The van der Waals surface area contributed by atoms with Crippen LogP contribution in [-0.2, 0) is 9.59 Å². The van der Waals surface area contributed by atoms with Gasteiger partial charge in [-0.3, -0.25) is 4.79 Å². The van der Waals surface area contributed by atoms with Gasteiger partial charge in [-0.05, 0) is 20.0 Å². The minimum absolute atomic E-state index is 0.0548. The van der Waals surface area contributed by atoms with E-state index in [-0.39, 0.29) is 11.8 Å². The smallest absolute Gasteiger partial charge is 0.326 e. The predicted octanol–water partition coefficient (Wildman–Crippen LogP) is 0.554. The van der Waals surface area contributed by atoms with Crippen LogP contribution in [0, 0.1) is 5.92 Å². The molecule has 0 spiro atoms. The van der Waals surface area contributed by atoms with Gasteiger partial charge in [0.25, 0.3) is 0 Å². The number of carboxylic acid groups (broad SMARTS) is 1. The Labute approximate surface area is 96.8 Å². The summed E-state index contributed by atoms with van der Waals surface area (Å²) in [6.45, 7) is 4.36. The summed E-state index contributed by atoms with van der Waals surface area (Å²) in [7, 11) is 3.74. The Balaban J connectivity index is 4.19. The average molecular weight is 230 g/mol. The second-order valence-electron chi connectivity index (χ2n) is 4.32. The van der Waals surface area contributed by atoms with Gasteiger partial charge in [-0.2, -0.15) is 0 Å². The Morgan fingerprint density at radius 3 is 2.31 bits per heavy atom. The van der Waals surface area contributed by atoms with Gasteiger partial charge in [0.2, 0.25) is 5.91 Å². The second-order valence-corrected chi connectivity index (χ2v) is 4.32. The number of amides is 1. The summed E-state index contributed by atoms with van der Waals surface area (Å²) < 4.78 is 0. The van der Waals surface area contributed by atoms with E-state index in [9.17, 15) is 9.59 Å². The van der Waals surface area contributed by atoms with Crippen molar-refractivity contribution in [3.63, 3.8) is 0 Å². The molecule has 2 N–H and O–H groups in total. The fraction of sp³-hybridized carbons (Fsp3) is 0.818. The van der Waals surface area contributed by atoms with Gasteiger partial charge in [0, 0.05) is 13.0 Å². The molecule has 0 bridgehead atoms. The summed E-state index contributed by atoms with van der Waals surface area (Å²) in [6.07, 6.45) is 1.05. The molecule has 16 heavy (non-hydrogen) atoms. The lowest BCUT2D eigenvalue weighted by atomic mass is 9.99. The molecular formula is C11H22N2O3. The van der Waals surface area contributed by atoms with Crippen molar-refractivity contribution in [2.24, 2.45) is 5.92 Å². The third-order valence-electron chi connectivity index (χ3n) is 2.58. The molecule has 94 valence electrons. The second kappa shape index (κ2) is 7.22. The Morgan fingerprint density at radius 2 is 1.94 bits per heavy atom. The van der Waals surface area contributed by atoms with E-state index in [0.717, 1.165) is 6.42 Å². The molecule has 0 radical (unpaired) electrons. The predicted molar refractivity (Wildman–Crippen MR) is 62.2 cm³/mol. The van der Waals surface area contributed by atoms with E-state index in [1.807, 2.05) is 32.8 Å². The van der Waals surface area contributed by atoms with Crippen LogP contribution in [-0.4, -0.2) is 48.6 Å². The molecule has 5 nitrogen and oxygen atoms in total. The van der Waals surface area contributed by atoms with Crippen molar-refractivity contribution in [2.45, 2.75) is 32.7 Å². The van der Waals surface area contributed by atoms with E-state index in [2.05, 4.69) is 5.32 Å². The number of nitrogens with one attached hydrogen (secondary N) is 1. The molecule has 0 aliphatic carbocycles. The van der Waals surface area contributed by atoms with Crippen LogP contribution in [0.15, 0.2) is 0 Å². The molecule has 0 aliphatic heterocycles. The lowest BCUT2D eigenvalue weighted by Crippen LogP contribution is -2.45. The first-order valence-corrected chi connectivity index (χ1v) is 5.55. The van der Waals surface area contributed by atoms with Crippen LogP contribution in [0.2, 0.25) is 0 Å². The Kier molecular flexibility index (Phi) is 6.72. The van der Waals surface area contributed by atoms with E-state index < -0.39 is 12.0 Å². The maximum absolute atomic E-state index is 11.5. The monoisotopic (exact) mass is 230 g/mol. The van der Waals surface area contributed by atoms with Gasteiger partial charge in [0.1, 0.15) is 6.04 Å². The van der Waals surface area contributed by atoms with E-state index in [4.69, 9.17) is 5.11 Å². The van der Waals surface area contributed by atoms with Crippen molar-refractivity contribution in [1.29, 1.82) is 0 Å². The lowest BCUT2D eigenvalue weighted by Gasteiger charge is -2.20. The lowest BCUT2D eigenvalue weighted by molar-refractivity contribution is -0.143. The van der Waals surface area contributed by atoms with Crippen molar-refractivity contribution >= 4 is 11.9 Å². The van der Waals surface area contributed by atoms with Gasteiger partial charge in [0.15, 0.2) is 0 Å². The van der Waals surface area contributed by atoms with Gasteiger partial charge in [-0.1, -0.05) is 20.3 Å². The molecule has 0 aromatic carbocycles. The van der Waals surface area contributed by atoms with Crippen molar-refractivity contribution in [3.8, 4) is 0 Å². The summed E-state index contributed by atoms with van der Waals surface area (Å²) in [6, 6.07) is -0.778. The van der Waals surface area contributed by atoms with Crippen LogP contribution in [0.3, 0.4) is 0 Å². The zero-order valence-electron chi connectivity index (χ0n) is 10.5. The first kappa shape index (κ1) is 14.9. The molecular weight excluding hydrogens is 208 g/mol. The van der Waals surface area contributed by atoms with Crippen LogP contribution in [0.1, 0.15) is 26.7 Å². The number of hydrogen-bond acceptors (Lipinski definition) is 3. The highest BCUT2D eigenvalue weighted by molar-refractivity contribution is 5.83. The van der Waals surface area contributed by atoms with Crippen molar-refractivity contribution in [1.82, 2.24) is 10.2 Å². The van der Waals surface area contributed by atoms with Crippen LogP contribution >= 0.6 is 0 Å². The Bertz CT molecular complexity index is 241. The number of hydrogen-bond donors (Lipinski definition) is 2. The minimum Gasteiger partial charge on any atom is -0.480 e. The third-order valence-corrected chi connectivity index (χ3v) is 2.58. The highest BCUT2D eigenvalue weighted by atomic mass is 16.4.